The van der Waals surface area contributed by atoms with E-state index in [9.17, 15) is 29.7 Å². The predicted octanol–water partition coefficient (Wildman–Crippen LogP) is 3.80. The summed E-state index contributed by atoms with van der Waals surface area (Å²) in [5.41, 5.74) is -6.48. The molecule has 0 spiro atoms. The molecule has 11 nitrogen and oxygen atoms in total. The Morgan fingerprint density at radius 3 is 2.31 bits per heavy atom. The minimum Gasteiger partial charge on any atom is -0.458 e. The van der Waals surface area contributed by atoms with Crippen molar-refractivity contribution in [3.05, 3.63) is 47.5 Å². The fourth-order valence-corrected chi connectivity index (χ4v) is 10.1. The molecule has 1 saturated heterocycles. The van der Waals surface area contributed by atoms with Gasteiger partial charge in [0.2, 0.25) is 0 Å². The first-order chi connectivity index (χ1) is 22.5. The molecule has 0 bridgehead atoms. The molecule has 0 amide bonds. The molecular weight excluding hydrogens is 620 g/mol. The highest BCUT2D eigenvalue weighted by atomic mass is 16.7. The van der Waals surface area contributed by atoms with Gasteiger partial charge in [-0.25, -0.2) is 4.79 Å². The molecule has 4 fully saturated rings. The molecular formula is C37H50O11. The number of ketones is 1. The van der Waals surface area contributed by atoms with Crippen LogP contribution >= 0.6 is 0 Å². The van der Waals surface area contributed by atoms with E-state index in [1.807, 2.05) is 13.0 Å². The summed E-state index contributed by atoms with van der Waals surface area (Å²) < 4.78 is 29.9. The summed E-state index contributed by atoms with van der Waals surface area (Å²) in [5.74, 6) is -2.09. The van der Waals surface area contributed by atoms with E-state index >= 15 is 0 Å². The fraction of sp³-hybridized carbons (Fsp3) is 0.703. The first-order valence-electron chi connectivity index (χ1n) is 17.2. The summed E-state index contributed by atoms with van der Waals surface area (Å²) in [6, 6.07) is 8.50. The lowest BCUT2D eigenvalue weighted by molar-refractivity contribution is -0.313. The van der Waals surface area contributed by atoms with Crippen LogP contribution in [0.15, 0.2) is 42.0 Å². The first-order valence-corrected chi connectivity index (χ1v) is 17.2. The maximum Gasteiger partial charge on any atom is 0.338 e. The summed E-state index contributed by atoms with van der Waals surface area (Å²) in [7, 11) is 1.57. The molecule has 12 atom stereocenters. The van der Waals surface area contributed by atoms with Crippen molar-refractivity contribution in [1.82, 2.24) is 0 Å². The molecule has 0 radical (unpaired) electrons. The standard InChI is InChI=1S/C37H50O11/c1-21-31(46-23(3)39)27(44-6)19-30(45-21)47-26-13-14-33(4)25(18-26)12-15-36(42)28(33)20-29(48-32(40)24-10-8-7-9-11-24)34(5)35(41,22(2)38)16-17-37(34,36)43/h7-12,21,26-31,41-43H,13-20H2,1-6H3/t21-,26+,27+,28-,29-,30+,31-,33+,34-,35-,36+,37-/m1/s1. The number of ether oxygens (including phenoxy) is 5. The number of aliphatic hydroxyl groups is 3. The minimum atomic E-state index is -2.01. The van der Waals surface area contributed by atoms with Gasteiger partial charge in [0.25, 0.3) is 0 Å². The van der Waals surface area contributed by atoms with Gasteiger partial charge in [0.1, 0.15) is 29.0 Å². The molecule has 48 heavy (non-hydrogen) atoms. The number of hydrogen-bond acceptors (Lipinski definition) is 11. The summed E-state index contributed by atoms with van der Waals surface area (Å²) in [4.78, 5) is 38.2. The molecule has 1 aromatic carbocycles. The van der Waals surface area contributed by atoms with Gasteiger partial charge in [0.05, 0.1) is 23.2 Å². The second-order valence-corrected chi connectivity index (χ2v) is 15.2. The molecule has 4 aliphatic carbocycles. The van der Waals surface area contributed by atoms with Crippen molar-refractivity contribution in [2.45, 2.75) is 140 Å². The topological polar surface area (TPSA) is 158 Å². The van der Waals surface area contributed by atoms with Crippen LogP contribution in [0.3, 0.4) is 0 Å². The van der Waals surface area contributed by atoms with Gasteiger partial charge in [-0.1, -0.05) is 36.8 Å². The number of Topliss-reactive ketones (excluding diaryl/α,β-unsaturated/α-hetero) is 1. The summed E-state index contributed by atoms with van der Waals surface area (Å²) in [6.45, 7) is 8.15. The molecule has 1 aliphatic heterocycles. The molecule has 3 saturated carbocycles. The third-order valence-corrected chi connectivity index (χ3v) is 13.0. The van der Waals surface area contributed by atoms with Crippen LogP contribution in [0.5, 0.6) is 0 Å². The van der Waals surface area contributed by atoms with Gasteiger partial charge >= 0.3 is 11.9 Å². The lowest BCUT2D eigenvalue weighted by atomic mass is 9.42. The summed E-state index contributed by atoms with van der Waals surface area (Å²) in [6.07, 6.45) is 1.24. The van der Waals surface area contributed by atoms with E-state index in [-0.39, 0.29) is 37.9 Å². The van der Waals surface area contributed by atoms with Gasteiger partial charge in [0, 0.05) is 26.4 Å². The van der Waals surface area contributed by atoms with Gasteiger partial charge in [-0.3, -0.25) is 9.59 Å². The quantitative estimate of drug-likeness (QED) is 0.286. The number of rotatable bonds is 7. The largest absolute Gasteiger partial charge is 0.458 e. The monoisotopic (exact) mass is 670 g/mol. The maximum atomic E-state index is 13.5. The van der Waals surface area contributed by atoms with Gasteiger partial charge in [-0.15, -0.1) is 0 Å². The molecule has 0 unspecified atom stereocenters. The van der Waals surface area contributed by atoms with Crippen LogP contribution in [0.4, 0.5) is 0 Å². The number of carbonyl (C=O) groups excluding carboxylic acids is 3. The van der Waals surface area contributed by atoms with E-state index in [2.05, 4.69) is 6.92 Å². The van der Waals surface area contributed by atoms with Crippen molar-refractivity contribution in [3.63, 3.8) is 0 Å². The van der Waals surface area contributed by atoms with Crippen molar-refractivity contribution >= 4 is 17.7 Å². The van der Waals surface area contributed by atoms with Gasteiger partial charge in [-0.05, 0) is 83.3 Å². The number of carbonyl (C=O) groups is 3. The van der Waals surface area contributed by atoms with Gasteiger partial charge < -0.3 is 39.0 Å². The normalized spacial score (nSPS) is 45.2. The second kappa shape index (κ2) is 12.3. The molecule has 11 heteroatoms. The lowest BCUT2D eigenvalue weighted by Crippen LogP contribution is -2.78. The molecule has 5 aliphatic rings. The Labute approximate surface area is 281 Å². The highest BCUT2D eigenvalue weighted by Crippen LogP contribution is 2.71. The molecule has 1 aromatic rings. The zero-order chi connectivity index (χ0) is 34.9. The molecule has 6 rings (SSSR count). The number of fused-ring (bicyclic) bond motifs is 5. The zero-order valence-electron chi connectivity index (χ0n) is 28.8. The van der Waals surface area contributed by atoms with Crippen molar-refractivity contribution in [3.8, 4) is 0 Å². The molecule has 3 N–H and O–H groups in total. The van der Waals surface area contributed by atoms with Crippen LogP contribution in [0.1, 0.15) is 96.3 Å². The molecule has 1 heterocycles. The van der Waals surface area contributed by atoms with E-state index in [0.29, 0.717) is 31.2 Å². The Morgan fingerprint density at radius 2 is 1.67 bits per heavy atom. The van der Waals surface area contributed by atoms with Crippen LogP contribution in [0, 0.1) is 16.7 Å². The first kappa shape index (κ1) is 35.2. The third kappa shape index (κ3) is 5.10. The van der Waals surface area contributed by atoms with Crippen molar-refractivity contribution in [2.75, 3.05) is 7.11 Å². The van der Waals surface area contributed by atoms with E-state index < -0.39 is 75.9 Å². The Kier molecular flexibility index (Phi) is 9.00. The number of hydrogen-bond donors (Lipinski definition) is 3. The smallest absolute Gasteiger partial charge is 0.338 e. The predicted molar refractivity (Wildman–Crippen MR) is 171 cm³/mol. The minimum absolute atomic E-state index is 0.0246. The van der Waals surface area contributed by atoms with E-state index in [1.165, 1.54) is 13.8 Å². The Morgan fingerprint density at radius 1 is 0.958 bits per heavy atom. The Balaban J connectivity index is 1.28. The Bertz CT molecular complexity index is 1460. The number of esters is 2. The van der Waals surface area contributed by atoms with Gasteiger partial charge in [-0.2, -0.15) is 0 Å². The average Bonchev–Trinajstić information content (AvgIpc) is 3.28. The van der Waals surface area contributed by atoms with Crippen molar-refractivity contribution < 1.29 is 53.4 Å². The SMILES string of the molecule is CO[C@H]1C[C@H](O[C@H]2CC[C@@]3(C)C(=CC[C@]4(O)[C@@H]3C[C@@H](OC(=O)c3ccccc3)[C@@]3(C)[C@]4(O)CC[C@@]3(O)C(C)=O)C2)O[C@H](C)[C@H]1OC(C)=O. The average molecular weight is 671 g/mol. The third-order valence-electron chi connectivity index (χ3n) is 13.0. The number of methoxy groups -OCH3 is 1. The van der Waals surface area contributed by atoms with Crippen LogP contribution in [0.2, 0.25) is 0 Å². The molecule has 264 valence electrons. The van der Waals surface area contributed by atoms with E-state index in [4.69, 9.17) is 23.7 Å². The van der Waals surface area contributed by atoms with Crippen LogP contribution < -0.4 is 0 Å². The van der Waals surface area contributed by atoms with Crippen molar-refractivity contribution in [2.24, 2.45) is 16.7 Å². The van der Waals surface area contributed by atoms with Gasteiger partial charge in [0.15, 0.2) is 18.2 Å². The second-order valence-electron chi connectivity index (χ2n) is 15.2. The fourth-order valence-electron chi connectivity index (χ4n) is 10.1. The molecule has 0 aromatic heterocycles. The summed E-state index contributed by atoms with van der Waals surface area (Å²) in [5, 5.41) is 37.4. The maximum absolute atomic E-state index is 13.5. The van der Waals surface area contributed by atoms with Crippen molar-refractivity contribution in [1.29, 1.82) is 0 Å². The van der Waals surface area contributed by atoms with Crippen LogP contribution in [-0.2, 0) is 33.3 Å². The number of benzene rings is 1. The highest BCUT2D eigenvalue weighted by Gasteiger charge is 2.81. The lowest BCUT2D eigenvalue weighted by Gasteiger charge is -2.67. The van der Waals surface area contributed by atoms with E-state index in [0.717, 1.165) is 5.57 Å². The summed E-state index contributed by atoms with van der Waals surface area (Å²) >= 11 is 0. The van der Waals surface area contributed by atoms with E-state index in [1.54, 1.807) is 44.4 Å². The zero-order valence-corrected chi connectivity index (χ0v) is 28.8. The van der Waals surface area contributed by atoms with Crippen LogP contribution in [0.25, 0.3) is 0 Å². The van der Waals surface area contributed by atoms with Crippen LogP contribution in [-0.4, -0.2) is 93.8 Å². The Hall–Kier alpha value is -2.67. The highest BCUT2D eigenvalue weighted by molar-refractivity contribution is 5.90.